The number of rotatable bonds is 7. The number of ether oxygens (including phenoxy) is 1. The van der Waals surface area contributed by atoms with E-state index in [2.05, 4.69) is 32.4 Å². The molecule has 0 saturated carbocycles. The number of carbonyl (C=O) groups excluding carboxylic acids is 1. The van der Waals surface area contributed by atoms with E-state index in [1.54, 1.807) is 18.4 Å². The Balaban J connectivity index is 1.57. The molecule has 1 aromatic heterocycles. The number of urea groups is 1. The van der Waals surface area contributed by atoms with Crippen molar-refractivity contribution in [2.24, 2.45) is 5.92 Å². The van der Waals surface area contributed by atoms with Crippen molar-refractivity contribution in [3.8, 4) is 0 Å². The van der Waals surface area contributed by atoms with E-state index in [4.69, 9.17) is 4.74 Å². The third-order valence-electron chi connectivity index (χ3n) is 3.84. The summed E-state index contributed by atoms with van der Waals surface area (Å²) in [6.07, 6.45) is 2.31. The molecule has 1 aromatic rings. The molecule has 1 aliphatic rings. The molecule has 1 aliphatic heterocycles. The summed E-state index contributed by atoms with van der Waals surface area (Å²) in [6, 6.07) is 2.11. The third kappa shape index (κ3) is 6.03. The average Bonchev–Trinajstić information content (AvgIpc) is 3.00. The van der Waals surface area contributed by atoms with Gasteiger partial charge in [0.05, 0.1) is 6.61 Å². The molecule has 2 N–H and O–H groups in total. The number of thiophene rings is 1. The van der Waals surface area contributed by atoms with Crippen molar-refractivity contribution < 1.29 is 9.53 Å². The van der Waals surface area contributed by atoms with Crippen LogP contribution in [0.15, 0.2) is 16.8 Å². The van der Waals surface area contributed by atoms with Gasteiger partial charge in [-0.25, -0.2) is 4.79 Å². The van der Waals surface area contributed by atoms with Crippen LogP contribution in [0.3, 0.4) is 0 Å². The van der Waals surface area contributed by atoms with Gasteiger partial charge in [-0.05, 0) is 54.2 Å². The number of amides is 2. The first kappa shape index (κ1) is 16.3. The Bertz CT molecular complexity index is 403. The maximum atomic E-state index is 11.5. The molecule has 2 rings (SSSR count). The fourth-order valence-corrected chi connectivity index (χ4v) is 3.22. The van der Waals surface area contributed by atoms with E-state index >= 15 is 0 Å². The Hall–Kier alpha value is -1.11. The maximum absolute atomic E-state index is 11.5. The van der Waals surface area contributed by atoms with Crippen molar-refractivity contribution in [2.75, 3.05) is 39.9 Å². The van der Waals surface area contributed by atoms with Crippen molar-refractivity contribution in [1.29, 1.82) is 0 Å². The van der Waals surface area contributed by atoms with Crippen molar-refractivity contribution in [1.82, 2.24) is 15.5 Å². The highest BCUT2D eigenvalue weighted by atomic mass is 32.1. The summed E-state index contributed by atoms with van der Waals surface area (Å²) in [7, 11) is 1.63. The number of likely N-dealkylation sites (tertiary alicyclic amines) is 1. The standard InChI is InChI=1S/C15H25N3O2S/c1-20-8-5-16-15(19)17-10-13-2-6-18(7-3-13)11-14-4-9-21-12-14/h4,9,12-13H,2-3,5-8,10-11H2,1H3,(H2,16,17,19). The summed E-state index contributed by atoms with van der Waals surface area (Å²) in [4.78, 5) is 14.0. The Labute approximate surface area is 130 Å². The van der Waals surface area contributed by atoms with Gasteiger partial charge in [0.25, 0.3) is 0 Å². The Morgan fingerprint density at radius 1 is 1.43 bits per heavy atom. The number of nitrogens with one attached hydrogen (secondary N) is 2. The molecule has 21 heavy (non-hydrogen) atoms. The number of hydrogen-bond donors (Lipinski definition) is 2. The second-order valence-corrected chi connectivity index (χ2v) is 6.26. The van der Waals surface area contributed by atoms with Gasteiger partial charge in [-0.15, -0.1) is 0 Å². The van der Waals surface area contributed by atoms with Gasteiger partial charge in [0.15, 0.2) is 0 Å². The Morgan fingerprint density at radius 3 is 2.90 bits per heavy atom. The molecule has 0 bridgehead atoms. The first-order valence-corrected chi connectivity index (χ1v) is 8.46. The summed E-state index contributed by atoms with van der Waals surface area (Å²) in [6.45, 7) is 5.17. The molecule has 1 saturated heterocycles. The van der Waals surface area contributed by atoms with Crippen molar-refractivity contribution >= 4 is 17.4 Å². The van der Waals surface area contributed by atoms with Gasteiger partial charge in [-0.3, -0.25) is 4.90 Å². The topological polar surface area (TPSA) is 53.6 Å². The number of carbonyl (C=O) groups is 1. The van der Waals surface area contributed by atoms with E-state index < -0.39 is 0 Å². The molecule has 0 aromatic carbocycles. The SMILES string of the molecule is COCCNC(=O)NCC1CCN(Cc2ccsc2)CC1. The van der Waals surface area contributed by atoms with Crippen molar-refractivity contribution in [3.63, 3.8) is 0 Å². The minimum atomic E-state index is -0.0900. The van der Waals surface area contributed by atoms with Crippen LogP contribution in [0.1, 0.15) is 18.4 Å². The van der Waals surface area contributed by atoms with Crippen molar-refractivity contribution in [3.05, 3.63) is 22.4 Å². The zero-order valence-electron chi connectivity index (χ0n) is 12.6. The van der Waals surface area contributed by atoms with Gasteiger partial charge in [0.1, 0.15) is 0 Å². The molecule has 6 heteroatoms. The second-order valence-electron chi connectivity index (χ2n) is 5.48. The maximum Gasteiger partial charge on any atom is 0.314 e. The largest absolute Gasteiger partial charge is 0.383 e. The van der Waals surface area contributed by atoms with Crippen LogP contribution in [0.4, 0.5) is 4.79 Å². The lowest BCUT2D eigenvalue weighted by Crippen LogP contribution is -2.42. The molecule has 118 valence electrons. The quantitative estimate of drug-likeness (QED) is 0.756. The minimum Gasteiger partial charge on any atom is -0.383 e. The third-order valence-corrected chi connectivity index (χ3v) is 4.57. The molecule has 1 fully saturated rings. The van der Waals surface area contributed by atoms with E-state index in [0.29, 0.717) is 19.1 Å². The molecule has 0 unspecified atom stereocenters. The van der Waals surface area contributed by atoms with Gasteiger partial charge in [0.2, 0.25) is 0 Å². The summed E-state index contributed by atoms with van der Waals surface area (Å²) in [5, 5.41) is 10.1. The van der Waals surface area contributed by atoms with E-state index in [1.165, 1.54) is 5.56 Å². The Morgan fingerprint density at radius 2 is 2.24 bits per heavy atom. The van der Waals surface area contributed by atoms with E-state index in [1.807, 2.05) is 0 Å². The van der Waals surface area contributed by atoms with Crippen LogP contribution in [-0.2, 0) is 11.3 Å². The summed E-state index contributed by atoms with van der Waals surface area (Å²) in [5.74, 6) is 0.594. The lowest BCUT2D eigenvalue weighted by Gasteiger charge is -2.31. The fourth-order valence-electron chi connectivity index (χ4n) is 2.56. The summed E-state index contributed by atoms with van der Waals surface area (Å²) in [5.41, 5.74) is 1.41. The minimum absolute atomic E-state index is 0.0900. The zero-order chi connectivity index (χ0) is 14.9. The molecular formula is C15H25N3O2S. The highest BCUT2D eigenvalue weighted by Gasteiger charge is 2.19. The monoisotopic (exact) mass is 311 g/mol. The average molecular weight is 311 g/mol. The van der Waals surface area contributed by atoms with Crippen molar-refractivity contribution in [2.45, 2.75) is 19.4 Å². The molecule has 2 heterocycles. The number of methoxy groups -OCH3 is 1. The second kappa shape index (κ2) is 9.02. The van der Waals surface area contributed by atoms with Crippen LogP contribution in [0.5, 0.6) is 0 Å². The van der Waals surface area contributed by atoms with Crippen LogP contribution in [0.25, 0.3) is 0 Å². The zero-order valence-corrected chi connectivity index (χ0v) is 13.5. The molecule has 0 atom stereocenters. The first-order valence-electron chi connectivity index (χ1n) is 7.52. The van der Waals surface area contributed by atoms with Crippen LogP contribution >= 0.6 is 11.3 Å². The molecule has 0 spiro atoms. The summed E-state index contributed by atoms with van der Waals surface area (Å²) < 4.78 is 4.89. The lowest BCUT2D eigenvalue weighted by molar-refractivity contribution is 0.173. The van der Waals surface area contributed by atoms with E-state index in [0.717, 1.165) is 39.0 Å². The van der Waals surface area contributed by atoms with Gasteiger partial charge < -0.3 is 15.4 Å². The van der Waals surface area contributed by atoms with Crippen LogP contribution in [0, 0.1) is 5.92 Å². The highest BCUT2D eigenvalue weighted by molar-refractivity contribution is 7.07. The normalized spacial score (nSPS) is 16.8. The number of nitrogens with zero attached hydrogens (tertiary/aromatic N) is 1. The van der Waals surface area contributed by atoms with E-state index in [-0.39, 0.29) is 6.03 Å². The van der Waals surface area contributed by atoms with Gasteiger partial charge >= 0.3 is 6.03 Å². The van der Waals surface area contributed by atoms with Crippen LogP contribution in [-0.4, -0.2) is 50.8 Å². The van der Waals surface area contributed by atoms with Gasteiger partial charge in [-0.2, -0.15) is 11.3 Å². The fraction of sp³-hybridized carbons (Fsp3) is 0.667. The van der Waals surface area contributed by atoms with Gasteiger partial charge in [-0.1, -0.05) is 0 Å². The van der Waals surface area contributed by atoms with Crippen LogP contribution < -0.4 is 10.6 Å². The Kier molecular flexibility index (Phi) is 6.99. The van der Waals surface area contributed by atoms with Crippen LogP contribution in [0.2, 0.25) is 0 Å². The molecular weight excluding hydrogens is 286 g/mol. The highest BCUT2D eigenvalue weighted by Crippen LogP contribution is 2.19. The summed E-state index contributed by atoms with van der Waals surface area (Å²) >= 11 is 1.76. The smallest absolute Gasteiger partial charge is 0.314 e. The predicted molar refractivity (Wildman–Crippen MR) is 85.6 cm³/mol. The molecule has 0 radical (unpaired) electrons. The first-order chi connectivity index (χ1) is 10.3. The predicted octanol–water partition coefficient (Wildman–Crippen LogP) is 1.91. The van der Waals surface area contributed by atoms with Gasteiger partial charge in [0, 0.05) is 26.7 Å². The molecule has 5 nitrogen and oxygen atoms in total. The van der Waals surface area contributed by atoms with E-state index in [9.17, 15) is 4.79 Å². The molecule has 2 amide bonds. The lowest BCUT2D eigenvalue weighted by atomic mass is 9.96. The number of hydrogen-bond acceptors (Lipinski definition) is 4. The molecule has 0 aliphatic carbocycles. The number of piperidine rings is 1.